The SMILES string of the molecule is CC(=O)OC1CCC(C(C)(C)C)C1. The molecule has 0 heterocycles. The summed E-state index contributed by atoms with van der Waals surface area (Å²) in [5, 5.41) is 0. The number of carbonyl (C=O) groups excluding carboxylic acids is 1. The monoisotopic (exact) mass is 184 g/mol. The van der Waals surface area contributed by atoms with Gasteiger partial charge in [-0.2, -0.15) is 0 Å². The normalized spacial score (nSPS) is 28.9. The van der Waals surface area contributed by atoms with Crippen molar-refractivity contribution >= 4 is 5.97 Å². The predicted octanol–water partition coefficient (Wildman–Crippen LogP) is 2.76. The first kappa shape index (κ1) is 10.6. The third-order valence-corrected chi connectivity index (χ3v) is 2.94. The zero-order valence-corrected chi connectivity index (χ0v) is 9.09. The zero-order chi connectivity index (χ0) is 10.1. The van der Waals surface area contributed by atoms with E-state index in [1.54, 1.807) is 0 Å². The third-order valence-electron chi connectivity index (χ3n) is 2.94. The van der Waals surface area contributed by atoms with Crippen molar-refractivity contribution in [3.05, 3.63) is 0 Å². The van der Waals surface area contributed by atoms with Crippen molar-refractivity contribution in [2.75, 3.05) is 0 Å². The van der Waals surface area contributed by atoms with Gasteiger partial charge in [-0.25, -0.2) is 0 Å². The van der Waals surface area contributed by atoms with E-state index in [9.17, 15) is 4.79 Å². The highest BCUT2D eigenvalue weighted by Gasteiger charge is 2.34. The van der Waals surface area contributed by atoms with Crippen LogP contribution in [0.25, 0.3) is 0 Å². The number of ether oxygens (including phenoxy) is 1. The Bertz CT molecular complexity index is 191. The predicted molar refractivity (Wildman–Crippen MR) is 52.4 cm³/mol. The molecule has 13 heavy (non-hydrogen) atoms. The Kier molecular flexibility index (Phi) is 2.99. The summed E-state index contributed by atoms with van der Waals surface area (Å²) < 4.78 is 5.20. The van der Waals surface area contributed by atoms with Crippen molar-refractivity contribution in [3.63, 3.8) is 0 Å². The Morgan fingerprint density at radius 3 is 2.31 bits per heavy atom. The maximum atomic E-state index is 10.7. The Morgan fingerprint density at radius 2 is 1.92 bits per heavy atom. The van der Waals surface area contributed by atoms with E-state index in [2.05, 4.69) is 20.8 Å². The van der Waals surface area contributed by atoms with Crippen molar-refractivity contribution < 1.29 is 9.53 Å². The molecule has 2 heteroatoms. The van der Waals surface area contributed by atoms with Crippen LogP contribution in [0, 0.1) is 11.3 Å². The van der Waals surface area contributed by atoms with Gasteiger partial charge in [-0.1, -0.05) is 20.8 Å². The average molecular weight is 184 g/mol. The number of esters is 1. The lowest BCUT2D eigenvalue weighted by molar-refractivity contribution is -0.146. The molecule has 1 fully saturated rings. The molecule has 1 aliphatic rings. The quantitative estimate of drug-likeness (QED) is 0.586. The van der Waals surface area contributed by atoms with Gasteiger partial charge in [0, 0.05) is 6.92 Å². The molecular weight excluding hydrogens is 164 g/mol. The first-order chi connectivity index (χ1) is 5.89. The standard InChI is InChI=1S/C11H20O2/c1-8(12)13-10-6-5-9(7-10)11(2,3)4/h9-10H,5-7H2,1-4H3. The van der Waals surface area contributed by atoms with Gasteiger partial charge in [-0.05, 0) is 30.6 Å². The highest BCUT2D eigenvalue weighted by molar-refractivity contribution is 5.66. The van der Waals surface area contributed by atoms with Gasteiger partial charge in [0.1, 0.15) is 6.10 Å². The Labute approximate surface area is 80.7 Å². The van der Waals surface area contributed by atoms with Crippen molar-refractivity contribution in [1.82, 2.24) is 0 Å². The van der Waals surface area contributed by atoms with Crippen LogP contribution in [0.4, 0.5) is 0 Å². The second-order valence-electron chi connectivity index (χ2n) is 5.11. The zero-order valence-electron chi connectivity index (χ0n) is 9.09. The average Bonchev–Trinajstić information content (AvgIpc) is 2.32. The van der Waals surface area contributed by atoms with Crippen molar-refractivity contribution in [2.24, 2.45) is 11.3 Å². The number of carbonyl (C=O) groups is 1. The van der Waals surface area contributed by atoms with Crippen molar-refractivity contribution in [1.29, 1.82) is 0 Å². The summed E-state index contributed by atoms with van der Waals surface area (Å²) in [6.45, 7) is 8.26. The summed E-state index contributed by atoms with van der Waals surface area (Å²) in [5.41, 5.74) is 0.356. The molecule has 0 spiro atoms. The van der Waals surface area contributed by atoms with Crippen LogP contribution in [-0.4, -0.2) is 12.1 Å². The molecule has 2 atom stereocenters. The van der Waals surface area contributed by atoms with Crippen LogP contribution in [0.15, 0.2) is 0 Å². The van der Waals surface area contributed by atoms with Crippen LogP contribution in [-0.2, 0) is 9.53 Å². The minimum atomic E-state index is -0.139. The molecule has 1 rings (SSSR count). The van der Waals surface area contributed by atoms with Gasteiger partial charge < -0.3 is 4.74 Å². The van der Waals surface area contributed by atoms with Crippen LogP contribution in [0.3, 0.4) is 0 Å². The summed E-state index contributed by atoms with van der Waals surface area (Å²) in [6, 6.07) is 0. The highest BCUT2D eigenvalue weighted by Crippen LogP contribution is 2.40. The molecule has 0 aliphatic heterocycles. The van der Waals surface area contributed by atoms with E-state index in [0.29, 0.717) is 11.3 Å². The maximum Gasteiger partial charge on any atom is 0.302 e. The molecule has 0 aromatic rings. The lowest BCUT2D eigenvalue weighted by atomic mass is 9.80. The van der Waals surface area contributed by atoms with Crippen LogP contribution >= 0.6 is 0 Å². The molecule has 76 valence electrons. The van der Waals surface area contributed by atoms with E-state index in [-0.39, 0.29) is 12.1 Å². The molecule has 1 aliphatic carbocycles. The Balaban J connectivity index is 2.41. The maximum absolute atomic E-state index is 10.7. The fraction of sp³-hybridized carbons (Fsp3) is 0.909. The van der Waals surface area contributed by atoms with E-state index < -0.39 is 0 Å². The van der Waals surface area contributed by atoms with Crippen LogP contribution in [0.5, 0.6) is 0 Å². The fourth-order valence-electron chi connectivity index (χ4n) is 2.07. The molecule has 0 amide bonds. The molecule has 0 N–H and O–H groups in total. The summed E-state index contributed by atoms with van der Waals surface area (Å²) in [4.78, 5) is 10.7. The molecule has 0 saturated heterocycles. The molecule has 2 unspecified atom stereocenters. The molecule has 0 aromatic heterocycles. The van der Waals surface area contributed by atoms with E-state index in [1.165, 1.54) is 13.3 Å². The van der Waals surface area contributed by atoms with Crippen LogP contribution in [0.1, 0.15) is 47.0 Å². The second kappa shape index (κ2) is 3.69. The second-order valence-corrected chi connectivity index (χ2v) is 5.11. The Hall–Kier alpha value is -0.530. The van der Waals surface area contributed by atoms with Gasteiger partial charge in [-0.15, -0.1) is 0 Å². The van der Waals surface area contributed by atoms with Crippen molar-refractivity contribution in [2.45, 2.75) is 53.1 Å². The third kappa shape index (κ3) is 3.02. The summed E-state index contributed by atoms with van der Waals surface area (Å²) in [5.74, 6) is 0.566. The summed E-state index contributed by atoms with van der Waals surface area (Å²) in [6.07, 6.45) is 3.47. The first-order valence-corrected chi connectivity index (χ1v) is 5.07. The number of rotatable bonds is 1. The highest BCUT2D eigenvalue weighted by atomic mass is 16.5. The molecular formula is C11H20O2. The van der Waals surface area contributed by atoms with Gasteiger partial charge in [-0.3, -0.25) is 4.79 Å². The summed E-state index contributed by atoms with van der Waals surface area (Å²) in [7, 11) is 0. The molecule has 1 saturated carbocycles. The minimum absolute atomic E-state index is 0.139. The minimum Gasteiger partial charge on any atom is -0.463 e. The van der Waals surface area contributed by atoms with E-state index >= 15 is 0 Å². The van der Waals surface area contributed by atoms with Gasteiger partial charge >= 0.3 is 5.97 Å². The smallest absolute Gasteiger partial charge is 0.302 e. The number of hydrogen-bond donors (Lipinski definition) is 0. The summed E-state index contributed by atoms with van der Waals surface area (Å²) >= 11 is 0. The first-order valence-electron chi connectivity index (χ1n) is 5.07. The van der Waals surface area contributed by atoms with E-state index in [4.69, 9.17) is 4.74 Å². The lowest BCUT2D eigenvalue weighted by Gasteiger charge is -2.26. The van der Waals surface area contributed by atoms with Gasteiger partial charge in [0.05, 0.1) is 0 Å². The van der Waals surface area contributed by atoms with Gasteiger partial charge in [0.25, 0.3) is 0 Å². The van der Waals surface area contributed by atoms with Crippen LogP contribution in [0.2, 0.25) is 0 Å². The lowest BCUT2D eigenvalue weighted by Crippen LogP contribution is -2.19. The topological polar surface area (TPSA) is 26.3 Å². The van der Waals surface area contributed by atoms with Crippen LogP contribution < -0.4 is 0 Å². The fourth-order valence-corrected chi connectivity index (χ4v) is 2.07. The van der Waals surface area contributed by atoms with Crippen molar-refractivity contribution in [3.8, 4) is 0 Å². The molecule has 2 nitrogen and oxygen atoms in total. The van der Waals surface area contributed by atoms with E-state index in [1.807, 2.05) is 0 Å². The van der Waals surface area contributed by atoms with Gasteiger partial charge in [0.15, 0.2) is 0 Å². The Morgan fingerprint density at radius 1 is 1.31 bits per heavy atom. The van der Waals surface area contributed by atoms with Gasteiger partial charge in [0.2, 0.25) is 0 Å². The molecule has 0 aromatic carbocycles. The number of hydrogen-bond acceptors (Lipinski definition) is 2. The largest absolute Gasteiger partial charge is 0.463 e. The van der Waals surface area contributed by atoms with E-state index in [0.717, 1.165) is 12.8 Å². The molecule has 0 radical (unpaired) electrons. The molecule has 0 bridgehead atoms.